The van der Waals surface area contributed by atoms with Gasteiger partial charge in [-0.25, -0.2) is 0 Å². The Kier molecular flexibility index (Phi) is 8.15. The summed E-state index contributed by atoms with van der Waals surface area (Å²) in [6.07, 6.45) is 5.71. The van der Waals surface area contributed by atoms with Crippen molar-refractivity contribution in [2.24, 2.45) is 0 Å². The Labute approximate surface area is 124 Å². The van der Waals surface area contributed by atoms with E-state index in [4.69, 9.17) is 0 Å². The molecule has 4 heteroatoms. The van der Waals surface area contributed by atoms with Gasteiger partial charge in [-0.05, 0) is 25.9 Å². The summed E-state index contributed by atoms with van der Waals surface area (Å²) in [5.74, 6) is 0.323. The van der Waals surface area contributed by atoms with Crippen molar-refractivity contribution < 1.29 is 4.79 Å². The molecular weight excluding hydrogens is 250 g/mol. The van der Waals surface area contributed by atoms with Gasteiger partial charge in [0.15, 0.2) is 0 Å². The van der Waals surface area contributed by atoms with Crippen molar-refractivity contribution in [2.45, 2.75) is 72.0 Å². The van der Waals surface area contributed by atoms with Gasteiger partial charge in [-0.2, -0.15) is 0 Å². The van der Waals surface area contributed by atoms with Crippen LogP contribution in [0.5, 0.6) is 0 Å². The molecule has 0 aromatic carbocycles. The minimum Gasteiger partial charge on any atom is -0.325 e. The van der Waals surface area contributed by atoms with Crippen LogP contribution in [0.25, 0.3) is 0 Å². The molecule has 1 heterocycles. The number of nitrogens with zero attached hydrogens (tertiary/aromatic N) is 2. The zero-order chi connectivity index (χ0) is 15.0. The molecule has 20 heavy (non-hydrogen) atoms. The van der Waals surface area contributed by atoms with E-state index in [2.05, 4.69) is 42.8 Å². The first-order valence-corrected chi connectivity index (χ1v) is 8.46. The molecule has 0 aromatic rings. The summed E-state index contributed by atoms with van der Waals surface area (Å²) in [6, 6.07) is 0.0585. The molecule has 1 aliphatic rings. The fourth-order valence-electron chi connectivity index (χ4n) is 2.93. The first-order valence-electron chi connectivity index (χ1n) is 8.46. The van der Waals surface area contributed by atoms with Gasteiger partial charge in [0.05, 0.1) is 12.2 Å². The summed E-state index contributed by atoms with van der Waals surface area (Å²) in [5.41, 5.74) is 0. The maximum atomic E-state index is 12.5. The highest BCUT2D eigenvalue weighted by atomic mass is 16.2. The first kappa shape index (κ1) is 17.4. The van der Waals surface area contributed by atoms with E-state index in [9.17, 15) is 4.79 Å². The van der Waals surface area contributed by atoms with Crippen LogP contribution in [0.4, 0.5) is 0 Å². The largest absolute Gasteiger partial charge is 0.325 e. The molecule has 1 rings (SSSR count). The van der Waals surface area contributed by atoms with E-state index in [1.165, 1.54) is 0 Å². The second-order valence-electron chi connectivity index (χ2n) is 5.72. The van der Waals surface area contributed by atoms with Gasteiger partial charge in [-0.1, -0.05) is 47.0 Å². The fraction of sp³-hybridized carbons (Fsp3) is 0.938. The van der Waals surface area contributed by atoms with Crippen LogP contribution in [-0.2, 0) is 4.79 Å². The predicted molar refractivity (Wildman–Crippen MR) is 84.6 cm³/mol. The van der Waals surface area contributed by atoms with Gasteiger partial charge in [0.2, 0.25) is 5.91 Å². The fourth-order valence-corrected chi connectivity index (χ4v) is 2.93. The van der Waals surface area contributed by atoms with Crippen LogP contribution in [0.1, 0.15) is 59.8 Å². The smallest absolute Gasteiger partial charge is 0.241 e. The molecule has 1 N–H and O–H groups in total. The van der Waals surface area contributed by atoms with Gasteiger partial charge in [0.25, 0.3) is 0 Å². The molecule has 2 atom stereocenters. The molecule has 1 amide bonds. The van der Waals surface area contributed by atoms with Crippen LogP contribution in [0.15, 0.2) is 0 Å². The monoisotopic (exact) mass is 283 g/mol. The lowest BCUT2D eigenvalue weighted by Gasteiger charge is -2.27. The Hall–Kier alpha value is -0.610. The standard InChI is InChI=1S/C16H33N3O/c1-5-9-11-14-16(20)19(15(17-14)10-6-2)13-12-18(7-3)8-4/h14-15,17H,5-13H2,1-4H3. The average Bonchev–Trinajstić information content (AvgIpc) is 2.75. The highest BCUT2D eigenvalue weighted by Gasteiger charge is 2.37. The highest BCUT2D eigenvalue weighted by Crippen LogP contribution is 2.18. The van der Waals surface area contributed by atoms with Crippen molar-refractivity contribution in [1.82, 2.24) is 15.1 Å². The molecule has 1 aliphatic heterocycles. The number of carbonyl (C=O) groups is 1. The number of hydrogen-bond acceptors (Lipinski definition) is 3. The molecule has 0 spiro atoms. The minimum atomic E-state index is 0.0585. The van der Waals surface area contributed by atoms with Crippen molar-refractivity contribution in [3.05, 3.63) is 0 Å². The number of carbonyl (C=O) groups excluding carboxylic acids is 1. The lowest BCUT2D eigenvalue weighted by Crippen LogP contribution is -2.42. The first-order chi connectivity index (χ1) is 9.67. The second-order valence-corrected chi connectivity index (χ2v) is 5.72. The topological polar surface area (TPSA) is 35.6 Å². The summed E-state index contributed by atoms with van der Waals surface area (Å²) >= 11 is 0. The number of unbranched alkanes of at least 4 members (excludes halogenated alkanes) is 1. The van der Waals surface area contributed by atoms with E-state index >= 15 is 0 Å². The summed E-state index contributed by atoms with van der Waals surface area (Å²) in [4.78, 5) is 17.0. The molecule has 4 nitrogen and oxygen atoms in total. The van der Waals surface area contributed by atoms with Crippen LogP contribution in [-0.4, -0.2) is 54.1 Å². The van der Waals surface area contributed by atoms with Crippen LogP contribution in [0, 0.1) is 0 Å². The Morgan fingerprint density at radius 3 is 2.35 bits per heavy atom. The van der Waals surface area contributed by atoms with Gasteiger partial charge in [0, 0.05) is 13.1 Å². The zero-order valence-corrected chi connectivity index (χ0v) is 13.8. The molecule has 1 saturated heterocycles. The van der Waals surface area contributed by atoms with Crippen molar-refractivity contribution >= 4 is 5.91 Å². The maximum Gasteiger partial charge on any atom is 0.241 e. The zero-order valence-electron chi connectivity index (χ0n) is 13.8. The van der Waals surface area contributed by atoms with E-state index in [1.54, 1.807) is 0 Å². The van der Waals surface area contributed by atoms with Crippen LogP contribution >= 0.6 is 0 Å². The summed E-state index contributed by atoms with van der Waals surface area (Å²) in [7, 11) is 0. The molecule has 118 valence electrons. The van der Waals surface area contributed by atoms with Gasteiger partial charge in [-0.3, -0.25) is 10.1 Å². The highest BCUT2D eigenvalue weighted by molar-refractivity contribution is 5.84. The molecule has 2 unspecified atom stereocenters. The number of rotatable bonds is 10. The second kappa shape index (κ2) is 9.35. The summed E-state index contributed by atoms with van der Waals surface area (Å²) in [5, 5.41) is 3.54. The Bertz CT molecular complexity index is 279. The van der Waals surface area contributed by atoms with E-state index < -0.39 is 0 Å². The number of likely N-dealkylation sites (N-methyl/N-ethyl adjacent to an activating group) is 1. The molecule has 0 aromatic heterocycles. The van der Waals surface area contributed by atoms with E-state index in [1.807, 2.05) is 0 Å². The average molecular weight is 283 g/mol. The van der Waals surface area contributed by atoms with E-state index in [0.717, 1.165) is 58.3 Å². The lowest BCUT2D eigenvalue weighted by molar-refractivity contribution is -0.130. The molecular formula is C16H33N3O. The van der Waals surface area contributed by atoms with Crippen molar-refractivity contribution in [2.75, 3.05) is 26.2 Å². The van der Waals surface area contributed by atoms with Crippen LogP contribution in [0.2, 0.25) is 0 Å². The predicted octanol–water partition coefficient (Wildman–Crippen LogP) is 2.45. The third-order valence-corrected chi connectivity index (χ3v) is 4.31. The van der Waals surface area contributed by atoms with Crippen molar-refractivity contribution in [3.8, 4) is 0 Å². The van der Waals surface area contributed by atoms with Gasteiger partial charge in [0.1, 0.15) is 0 Å². The van der Waals surface area contributed by atoms with Crippen LogP contribution < -0.4 is 5.32 Å². The van der Waals surface area contributed by atoms with E-state index in [-0.39, 0.29) is 12.2 Å². The number of amides is 1. The van der Waals surface area contributed by atoms with Gasteiger partial charge >= 0.3 is 0 Å². The van der Waals surface area contributed by atoms with Crippen molar-refractivity contribution in [3.63, 3.8) is 0 Å². The van der Waals surface area contributed by atoms with Crippen molar-refractivity contribution in [1.29, 1.82) is 0 Å². The quantitative estimate of drug-likeness (QED) is 0.669. The maximum absolute atomic E-state index is 12.5. The summed E-state index contributed by atoms with van der Waals surface area (Å²) < 4.78 is 0. The molecule has 0 bridgehead atoms. The third-order valence-electron chi connectivity index (χ3n) is 4.31. The third kappa shape index (κ3) is 4.74. The molecule has 1 fully saturated rings. The SMILES string of the molecule is CCCCC1NC(CCC)N(CCN(CC)CC)C1=O. The van der Waals surface area contributed by atoms with E-state index in [0.29, 0.717) is 5.91 Å². The molecule has 0 saturated carbocycles. The summed E-state index contributed by atoms with van der Waals surface area (Å²) in [6.45, 7) is 12.7. The van der Waals surface area contributed by atoms with Crippen LogP contribution in [0.3, 0.4) is 0 Å². The normalized spacial score (nSPS) is 23.1. The van der Waals surface area contributed by atoms with Gasteiger partial charge < -0.3 is 9.80 Å². The minimum absolute atomic E-state index is 0.0585. The molecule has 0 radical (unpaired) electrons. The Morgan fingerprint density at radius 1 is 1.10 bits per heavy atom. The van der Waals surface area contributed by atoms with Gasteiger partial charge in [-0.15, -0.1) is 0 Å². The Balaban J connectivity index is 2.57. The number of nitrogens with one attached hydrogen (secondary N) is 1. The lowest BCUT2D eigenvalue weighted by atomic mass is 10.1. The Morgan fingerprint density at radius 2 is 1.80 bits per heavy atom. The number of hydrogen-bond donors (Lipinski definition) is 1. The molecule has 0 aliphatic carbocycles.